The quantitative estimate of drug-likeness (QED) is 0.529. The van der Waals surface area contributed by atoms with E-state index in [2.05, 4.69) is 22.6 Å². The molecule has 104 valence electrons. The molecule has 0 aromatic carbocycles. The summed E-state index contributed by atoms with van der Waals surface area (Å²) in [4.78, 5) is 13.9. The predicted octanol–water partition coefficient (Wildman–Crippen LogP) is 2.84. The highest BCUT2D eigenvalue weighted by Gasteiger charge is 2.49. The van der Waals surface area contributed by atoms with Crippen LogP contribution in [0.1, 0.15) is 33.6 Å². The zero-order valence-corrected chi connectivity index (χ0v) is 13.5. The Bertz CT molecular complexity index is 329. The van der Waals surface area contributed by atoms with E-state index in [0.717, 1.165) is 37.0 Å². The minimum absolute atomic E-state index is 0.179. The van der Waals surface area contributed by atoms with Gasteiger partial charge in [0.05, 0.1) is 6.10 Å². The molecular weight excluding hydrogens is 345 g/mol. The fourth-order valence-electron chi connectivity index (χ4n) is 2.80. The highest BCUT2D eigenvalue weighted by Crippen LogP contribution is 2.44. The van der Waals surface area contributed by atoms with Gasteiger partial charge in [-0.25, -0.2) is 4.79 Å². The topological polar surface area (TPSA) is 38.8 Å². The number of likely N-dealkylation sites (tertiary alicyclic amines) is 1. The number of carbonyl (C=O) groups excluding carboxylic acids is 1. The molecule has 2 atom stereocenters. The third kappa shape index (κ3) is 2.92. The van der Waals surface area contributed by atoms with Gasteiger partial charge in [0.1, 0.15) is 5.60 Å². The highest BCUT2D eigenvalue weighted by molar-refractivity contribution is 14.1. The summed E-state index contributed by atoms with van der Waals surface area (Å²) in [6.45, 7) is 8.13. The molecule has 0 bridgehead atoms. The zero-order valence-electron chi connectivity index (χ0n) is 11.4. The standard InChI is InChI=1S/C13H22INO3/c1-12(2,3)18-11(16)15-6-4-13(9-15)5-7-17-10(13)8-14/h10H,4-9H2,1-3H3. The molecule has 2 aliphatic rings. The summed E-state index contributed by atoms with van der Waals surface area (Å²) in [5.41, 5.74) is -0.236. The molecule has 1 amide bonds. The van der Waals surface area contributed by atoms with Gasteiger partial charge in [0.25, 0.3) is 0 Å². The van der Waals surface area contributed by atoms with Crippen LogP contribution in [-0.2, 0) is 9.47 Å². The molecule has 2 aliphatic heterocycles. The molecule has 2 fully saturated rings. The number of alkyl halides is 1. The van der Waals surface area contributed by atoms with Crippen molar-refractivity contribution in [2.75, 3.05) is 24.1 Å². The summed E-state index contributed by atoms with van der Waals surface area (Å²) in [5, 5.41) is 0. The van der Waals surface area contributed by atoms with E-state index in [0.29, 0.717) is 6.10 Å². The van der Waals surface area contributed by atoms with E-state index in [-0.39, 0.29) is 11.5 Å². The largest absolute Gasteiger partial charge is 0.444 e. The Morgan fingerprint density at radius 2 is 2.22 bits per heavy atom. The number of ether oxygens (including phenoxy) is 2. The minimum atomic E-state index is -0.415. The van der Waals surface area contributed by atoms with Gasteiger partial charge in [-0.2, -0.15) is 0 Å². The summed E-state index contributed by atoms with van der Waals surface area (Å²) in [6, 6.07) is 0. The van der Waals surface area contributed by atoms with Crippen molar-refractivity contribution >= 4 is 28.7 Å². The van der Waals surface area contributed by atoms with E-state index in [1.165, 1.54) is 0 Å². The summed E-state index contributed by atoms with van der Waals surface area (Å²) in [6.07, 6.45) is 2.23. The molecule has 0 radical (unpaired) electrons. The van der Waals surface area contributed by atoms with Crippen molar-refractivity contribution in [2.24, 2.45) is 5.41 Å². The average molecular weight is 367 g/mol. The molecule has 0 aliphatic carbocycles. The van der Waals surface area contributed by atoms with Crippen LogP contribution in [0.3, 0.4) is 0 Å². The van der Waals surface area contributed by atoms with Gasteiger partial charge >= 0.3 is 6.09 Å². The summed E-state index contributed by atoms with van der Waals surface area (Å²) >= 11 is 2.38. The normalized spacial score (nSPS) is 32.2. The van der Waals surface area contributed by atoms with Crippen LogP contribution >= 0.6 is 22.6 Å². The summed E-state index contributed by atoms with van der Waals surface area (Å²) in [5.74, 6) is 0. The third-order valence-corrected chi connectivity index (χ3v) is 4.58. The predicted molar refractivity (Wildman–Crippen MR) is 78.1 cm³/mol. The van der Waals surface area contributed by atoms with E-state index in [9.17, 15) is 4.79 Å². The molecule has 5 heteroatoms. The molecule has 2 rings (SSSR count). The Morgan fingerprint density at radius 3 is 2.83 bits per heavy atom. The first-order valence-electron chi connectivity index (χ1n) is 6.52. The van der Waals surface area contributed by atoms with Crippen molar-refractivity contribution < 1.29 is 14.3 Å². The molecule has 0 saturated carbocycles. The molecular formula is C13H22INO3. The molecule has 1 spiro atoms. The number of hydrogen-bond acceptors (Lipinski definition) is 3. The minimum Gasteiger partial charge on any atom is -0.444 e. The lowest BCUT2D eigenvalue weighted by molar-refractivity contribution is 0.0241. The van der Waals surface area contributed by atoms with Crippen LogP contribution < -0.4 is 0 Å². The fourth-order valence-corrected chi connectivity index (χ4v) is 3.98. The van der Waals surface area contributed by atoms with Gasteiger partial charge in [0.2, 0.25) is 0 Å². The molecule has 18 heavy (non-hydrogen) atoms. The number of nitrogens with zero attached hydrogens (tertiary/aromatic N) is 1. The Balaban J connectivity index is 1.98. The van der Waals surface area contributed by atoms with E-state index >= 15 is 0 Å². The number of rotatable bonds is 1. The maximum atomic E-state index is 12.1. The van der Waals surface area contributed by atoms with Gasteiger partial charge in [0.15, 0.2) is 0 Å². The number of halogens is 1. The summed E-state index contributed by atoms with van der Waals surface area (Å²) in [7, 11) is 0. The second-order valence-electron chi connectivity index (χ2n) is 6.28. The second kappa shape index (κ2) is 5.15. The maximum absolute atomic E-state index is 12.1. The highest BCUT2D eigenvalue weighted by atomic mass is 127. The Morgan fingerprint density at radius 1 is 1.50 bits per heavy atom. The van der Waals surface area contributed by atoms with E-state index < -0.39 is 5.60 Å². The zero-order chi connectivity index (χ0) is 13.4. The number of carbonyl (C=O) groups is 1. The van der Waals surface area contributed by atoms with E-state index in [1.807, 2.05) is 25.7 Å². The SMILES string of the molecule is CC(C)(C)OC(=O)N1CCC2(CCOC2CI)C1. The third-order valence-electron chi connectivity index (χ3n) is 3.78. The lowest BCUT2D eigenvalue weighted by Gasteiger charge is -2.29. The molecule has 2 unspecified atom stereocenters. The molecule has 0 N–H and O–H groups in total. The van der Waals surface area contributed by atoms with Gasteiger partial charge in [-0.1, -0.05) is 22.6 Å². The molecule has 4 nitrogen and oxygen atoms in total. The molecule has 2 saturated heterocycles. The lowest BCUT2D eigenvalue weighted by Crippen LogP contribution is -2.39. The summed E-state index contributed by atoms with van der Waals surface area (Å²) < 4.78 is 12.2. The Labute approximate surface area is 123 Å². The Kier molecular flexibility index (Phi) is 4.11. The number of hydrogen-bond donors (Lipinski definition) is 0. The van der Waals surface area contributed by atoms with Crippen molar-refractivity contribution in [3.63, 3.8) is 0 Å². The van der Waals surface area contributed by atoms with Crippen molar-refractivity contribution in [1.82, 2.24) is 4.90 Å². The van der Waals surface area contributed by atoms with Gasteiger partial charge < -0.3 is 14.4 Å². The van der Waals surface area contributed by atoms with Gasteiger partial charge in [-0.05, 0) is 33.6 Å². The first kappa shape index (κ1) is 14.4. The van der Waals surface area contributed by atoms with Gasteiger partial charge in [0, 0.05) is 29.5 Å². The molecule has 2 heterocycles. The monoisotopic (exact) mass is 367 g/mol. The first-order valence-corrected chi connectivity index (χ1v) is 8.04. The van der Waals surface area contributed by atoms with Crippen LogP contribution in [0.2, 0.25) is 0 Å². The molecule has 0 aromatic heterocycles. The fraction of sp³-hybridized carbons (Fsp3) is 0.923. The van der Waals surface area contributed by atoms with Crippen molar-refractivity contribution in [3.05, 3.63) is 0 Å². The van der Waals surface area contributed by atoms with Crippen LogP contribution in [0.4, 0.5) is 4.79 Å². The van der Waals surface area contributed by atoms with Crippen molar-refractivity contribution in [1.29, 1.82) is 0 Å². The average Bonchev–Trinajstić information content (AvgIpc) is 2.84. The van der Waals surface area contributed by atoms with Crippen LogP contribution in [0.15, 0.2) is 0 Å². The van der Waals surface area contributed by atoms with Crippen LogP contribution in [0.25, 0.3) is 0 Å². The van der Waals surface area contributed by atoms with E-state index in [1.54, 1.807) is 0 Å². The van der Waals surface area contributed by atoms with Gasteiger partial charge in [-0.15, -0.1) is 0 Å². The molecule has 0 aromatic rings. The Hall–Kier alpha value is -0.0400. The smallest absolute Gasteiger partial charge is 0.410 e. The lowest BCUT2D eigenvalue weighted by atomic mass is 9.81. The second-order valence-corrected chi connectivity index (χ2v) is 7.16. The van der Waals surface area contributed by atoms with Crippen LogP contribution in [0, 0.1) is 5.41 Å². The first-order chi connectivity index (χ1) is 8.36. The van der Waals surface area contributed by atoms with Crippen LogP contribution in [0.5, 0.6) is 0 Å². The van der Waals surface area contributed by atoms with Crippen LogP contribution in [-0.4, -0.2) is 46.8 Å². The van der Waals surface area contributed by atoms with Crippen molar-refractivity contribution in [2.45, 2.75) is 45.3 Å². The van der Waals surface area contributed by atoms with Gasteiger partial charge in [-0.3, -0.25) is 0 Å². The number of amides is 1. The van der Waals surface area contributed by atoms with Crippen molar-refractivity contribution in [3.8, 4) is 0 Å². The van der Waals surface area contributed by atoms with E-state index in [4.69, 9.17) is 9.47 Å². The maximum Gasteiger partial charge on any atom is 0.410 e.